The fourth-order valence-electron chi connectivity index (χ4n) is 1.28. The average Bonchev–Trinajstić information content (AvgIpc) is 2.25. The highest BCUT2D eigenvalue weighted by atomic mass is 15.0. The fourth-order valence-corrected chi connectivity index (χ4v) is 1.28. The Morgan fingerprint density at radius 3 is 2.93 bits per heavy atom. The first-order valence-corrected chi connectivity index (χ1v) is 5.09. The molecule has 0 aromatic carbocycles. The highest BCUT2D eigenvalue weighted by Gasteiger charge is 2.05. The standard InChI is InChI=1S/C10H18N4/c1-2-3-4-9(7-11)14-10-8-12-5-6-13-10/h5-6,8-9H,2-4,7,11H2,1H3,(H,13,14). The third kappa shape index (κ3) is 3.70. The first-order valence-electron chi connectivity index (χ1n) is 5.09. The number of anilines is 1. The highest BCUT2D eigenvalue weighted by molar-refractivity contribution is 5.31. The molecule has 0 aliphatic heterocycles. The Morgan fingerprint density at radius 2 is 2.36 bits per heavy atom. The Hall–Kier alpha value is -1.16. The average molecular weight is 194 g/mol. The Morgan fingerprint density at radius 1 is 1.50 bits per heavy atom. The third-order valence-electron chi connectivity index (χ3n) is 2.11. The molecule has 1 rings (SSSR count). The first-order chi connectivity index (χ1) is 6.86. The molecule has 1 aromatic rings. The second kappa shape index (κ2) is 6.32. The molecule has 1 atom stereocenters. The third-order valence-corrected chi connectivity index (χ3v) is 2.11. The minimum absolute atomic E-state index is 0.312. The topological polar surface area (TPSA) is 63.8 Å². The van der Waals surface area contributed by atoms with Crippen molar-refractivity contribution < 1.29 is 0 Å². The van der Waals surface area contributed by atoms with Crippen LogP contribution in [0.1, 0.15) is 26.2 Å². The summed E-state index contributed by atoms with van der Waals surface area (Å²) in [7, 11) is 0. The predicted molar refractivity (Wildman–Crippen MR) is 58.0 cm³/mol. The van der Waals surface area contributed by atoms with Crippen molar-refractivity contribution in [3.05, 3.63) is 18.6 Å². The molecule has 0 aliphatic carbocycles. The van der Waals surface area contributed by atoms with Crippen LogP contribution in [0.3, 0.4) is 0 Å². The van der Waals surface area contributed by atoms with Gasteiger partial charge in [-0.25, -0.2) is 4.98 Å². The van der Waals surface area contributed by atoms with Crippen molar-refractivity contribution in [2.75, 3.05) is 11.9 Å². The van der Waals surface area contributed by atoms with Gasteiger partial charge in [-0.2, -0.15) is 0 Å². The molecule has 0 saturated heterocycles. The van der Waals surface area contributed by atoms with E-state index in [0.717, 1.165) is 12.2 Å². The van der Waals surface area contributed by atoms with Gasteiger partial charge in [0.2, 0.25) is 0 Å². The molecule has 0 radical (unpaired) electrons. The molecular weight excluding hydrogens is 176 g/mol. The van der Waals surface area contributed by atoms with E-state index in [1.165, 1.54) is 12.8 Å². The van der Waals surface area contributed by atoms with E-state index in [1.807, 2.05) is 0 Å². The molecule has 0 spiro atoms. The summed E-state index contributed by atoms with van der Waals surface area (Å²) in [5.74, 6) is 0.805. The van der Waals surface area contributed by atoms with Gasteiger partial charge in [-0.15, -0.1) is 0 Å². The van der Waals surface area contributed by atoms with Gasteiger partial charge < -0.3 is 11.1 Å². The van der Waals surface area contributed by atoms with Crippen molar-refractivity contribution in [1.29, 1.82) is 0 Å². The number of hydrogen-bond acceptors (Lipinski definition) is 4. The Kier molecular flexibility index (Phi) is 4.93. The summed E-state index contributed by atoms with van der Waals surface area (Å²) >= 11 is 0. The van der Waals surface area contributed by atoms with Crippen molar-refractivity contribution >= 4 is 5.82 Å². The molecule has 4 nitrogen and oxygen atoms in total. The fraction of sp³-hybridized carbons (Fsp3) is 0.600. The SMILES string of the molecule is CCCCC(CN)Nc1cnccn1. The van der Waals surface area contributed by atoms with Crippen molar-refractivity contribution in [2.24, 2.45) is 5.73 Å². The maximum absolute atomic E-state index is 5.65. The highest BCUT2D eigenvalue weighted by Crippen LogP contribution is 2.06. The van der Waals surface area contributed by atoms with Crippen LogP contribution in [0.2, 0.25) is 0 Å². The zero-order chi connectivity index (χ0) is 10.2. The van der Waals surface area contributed by atoms with Gasteiger partial charge in [0.25, 0.3) is 0 Å². The smallest absolute Gasteiger partial charge is 0.144 e. The molecule has 1 unspecified atom stereocenters. The van der Waals surface area contributed by atoms with E-state index in [9.17, 15) is 0 Å². The number of nitrogens with two attached hydrogens (primary N) is 1. The second-order valence-electron chi connectivity index (χ2n) is 3.31. The molecule has 0 amide bonds. The van der Waals surface area contributed by atoms with Gasteiger partial charge in [0.15, 0.2) is 0 Å². The predicted octanol–water partition coefficient (Wildman–Crippen LogP) is 1.41. The number of nitrogens with one attached hydrogen (secondary N) is 1. The van der Waals surface area contributed by atoms with E-state index in [1.54, 1.807) is 18.6 Å². The maximum atomic E-state index is 5.65. The van der Waals surface area contributed by atoms with E-state index in [0.29, 0.717) is 12.6 Å². The summed E-state index contributed by atoms with van der Waals surface area (Å²) in [4.78, 5) is 8.13. The number of unbranched alkanes of at least 4 members (excludes halogenated alkanes) is 1. The number of aromatic nitrogens is 2. The van der Waals surface area contributed by atoms with Gasteiger partial charge in [0.05, 0.1) is 6.20 Å². The van der Waals surface area contributed by atoms with Crippen LogP contribution in [0.4, 0.5) is 5.82 Å². The lowest BCUT2D eigenvalue weighted by atomic mass is 10.1. The van der Waals surface area contributed by atoms with Crippen LogP contribution in [0.15, 0.2) is 18.6 Å². The van der Waals surface area contributed by atoms with Crippen molar-refractivity contribution in [1.82, 2.24) is 9.97 Å². The van der Waals surface area contributed by atoms with Crippen molar-refractivity contribution in [3.8, 4) is 0 Å². The number of rotatable bonds is 6. The Bertz CT molecular complexity index is 237. The molecule has 3 N–H and O–H groups in total. The van der Waals surface area contributed by atoms with Crippen LogP contribution in [-0.2, 0) is 0 Å². The molecule has 0 aliphatic rings. The molecule has 14 heavy (non-hydrogen) atoms. The van der Waals surface area contributed by atoms with E-state index in [-0.39, 0.29) is 0 Å². The zero-order valence-corrected chi connectivity index (χ0v) is 8.61. The molecular formula is C10H18N4. The molecule has 0 saturated carbocycles. The van der Waals surface area contributed by atoms with Gasteiger partial charge in [0.1, 0.15) is 5.82 Å². The Balaban J connectivity index is 2.40. The largest absolute Gasteiger partial charge is 0.365 e. The maximum Gasteiger partial charge on any atom is 0.144 e. The minimum Gasteiger partial charge on any atom is -0.365 e. The lowest BCUT2D eigenvalue weighted by Gasteiger charge is -2.16. The quantitative estimate of drug-likeness (QED) is 0.718. The van der Waals surface area contributed by atoms with Crippen molar-refractivity contribution in [3.63, 3.8) is 0 Å². The molecule has 0 fully saturated rings. The molecule has 4 heteroatoms. The lowest BCUT2D eigenvalue weighted by molar-refractivity contribution is 0.612. The summed E-state index contributed by atoms with van der Waals surface area (Å²) in [5, 5.41) is 3.26. The zero-order valence-electron chi connectivity index (χ0n) is 8.61. The Labute approximate surface area is 85.0 Å². The van der Waals surface area contributed by atoms with Gasteiger partial charge in [0, 0.05) is 25.0 Å². The van der Waals surface area contributed by atoms with Crippen LogP contribution in [-0.4, -0.2) is 22.6 Å². The number of hydrogen-bond donors (Lipinski definition) is 2. The summed E-state index contributed by atoms with van der Waals surface area (Å²) in [6.07, 6.45) is 8.52. The lowest BCUT2D eigenvalue weighted by Crippen LogP contribution is -2.29. The van der Waals surface area contributed by atoms with Crippen LogP contribution in [0, 0.1) is 0 Å². The monoisotopic (exact) mass is 194 g/mol. The van der Waals surface area contributed by atoms with E-state index >= 15 is 0 Å². The van der Waals surface area contributed by atoms with Crippen LogP contribution >= 0.6 is 0 Å². The molecule has 1 heterocycles. The number of nitrogens with zero attached hydrogens (tertiary/aromatic N) is 2. The van der Waals surface area contributed by atoms with E-state index in [4.69, 9.17) is 5.73 Å². The summed E-state index contributed by atoms with van der Waals surface area (Å²) < 4.78 is 0. The van der Waals surface area contributed by atoms with E-state index < -0.39 is 0 Å². The second-order valence-corrected chi connectivity index (χ2v) is 3.31. The molecule has 0 bridgehead atoms. The van der Waals surface area contributed by atoms with Crippen LogP contribution < -0.4 is 11.1 Å². The normalized spacial score (nSPS) is 12.4. The summed E-state index contributed by atoms with van der Waals surface area (Å²) in [5.41, 5.74) is 5.65. The summed E-state index contributed by atoms with van der Waals surface area (Å²) in [6, 6.07) is 0.312. The first kappa shape index (κ1) is 10.9. The van der Waals surface area contributed by atoms with Gasteiger partial charge in [-0.05, 0) is 6.42 Å². The molecule has 1 aromatic heterocycles. The van der Waals surface area contributed by atoms with Crippen LogP contribution in [0.25, 0.3) is 0 Å². The van der Waals surface area contributed by atoms with Crippen LogP contribution in [0.5, 0.6) is 0 Å². The summed E-state index contributed by atoms with van der Waals surface area (Å²) in [6.45, 7) is 2.81. The van der Waals surface area contributed by atoms with Crippen molar-refractivity contribution in [2.45, 2.75) is 32.2 Å². The van der Waals surface area contributed by atoms with E-state index in [2.05, 4.69) is 22.2 Å². The van der Waals surface area contributed by atoms with Gasteiger partial charge in [-0.1, -0.05) is 19.8 Å². The minimum atomic E-state index is 0.312. The van der Waals surface area contributed by atoms with Gasteiger partial charge >= 0.3 is 0 Å². The molecule has 78 valence electrons. The van der Waals surface area contributed by atoms with Gasteiger partial charge in [-0.3, -0.25) is 4.98 Å².